The fourth-order valence-electron chi connectivity index (χ4n) is 3.81. The topological polar surface area (TPSA) is 102 Å². The van der Waals surface area contributed by atoms with E-state index in [9.17, 15) is 18.8 Å². The summed E-state index contributed by atoms with van der Waals surface area (Å²) in [4.78, 5) is 38.4. The summed E-state index contributed by atoms with van der Waals surface area (Å²) in [5.41, 5.74) is 6.54. The molecule has 3 N–H and O–H groups in total. The van der Waals surface area contributed by atoms with Crippen molar-refractivity contribution < 1.29 is 23.5 Å². The number of nitrogens with one attached hydrogen (secondary N) is 1. The lowest BCUT2D eigenvalue weighted by Crippen LogP contribution is -2.35. The highest BCUT2D eigenvalue weighted by molar-refractivity contribution is 5.97. The molecule has 1 heterocycles. The van der Waals surface area contributed by atoms with E-state index in [4.69, 9.17) is 10.5 Å². The first-order chi connectivity index (χ1) is 16.4. The van der Waals surface area contributed by atoms with Crippen molar-refractivity contribution in [3.8, 4) is 5.75 Å². The summed E-state index contributed by atoms with van der Waals surface area (Å²) in [7, 11) is 0. The SMILES string of the molecule is NC(=O)c1cccc(OC(C(=O)Nc2ccc(N3CCCCC3=O)cc2F)c2ccccc2)c1. The molecule has 34 heavy (non-hydrogen) atoms. The van der Waals surface area contributed by atoms with Crippen LogP contribution in [0.2, 0.25) is 0 Å². The normalized spacial score (nSPS) is 14.4. The van der Waals surface area contributed by atoms with Crippen LogP contribution in [0.4, 0.5) is 15.8 Å². The third kappa shape index (κ3) is 5.23. The lowest BCUT2D eigenvalue weighted by atomic mass is 10.1. The Labute approximate surface area is 196 Å². The Bertz CT molecular complexity index is 1220. The first-order valence-electron chi connectivity index (χ1n) is 10.9. The molecular weight excluding hydrogens is 437 g/mol. The number of nitrogens with two attached hydrogens (primary N) is 1. The molecule has 1 aliphatic heterocycles. The minimum Gasteiger partial charge on any atom is -0.476 e. The van der Waals surface area contributed by atoms with Crippen LogP contribution in [-0.4, -0.2) is 24.3 Å². The van der Waals surface area contributed by atoms with Crippen LogP contribution in [0.1, 0.15) is 41.3 Å². The van der Waals surface area contributed by atoms with Gasteiger partial charge in [0.15, 0.2) is 0 Å². The minimum absolute atomic E-state index is 0.0337. The molecule has 1 fully saturated rings. The smallest absolute Gasteiger partial charge is 0.270 e. The summed E-state index contributed by atoms with van der Waals surface area (Å²) in [6.45, 7) is 0.540. The number of carbonyl (C=O) groups excluding carboxylic acids is 3. The van der Waals surface area contributed by atoms with Crippen LogP contribution in [0.15, 0.2) is 72.8 Å². The second-order valence-electron chi connectivity index (χ2n) is 7.96. The van der Waals surface area contributed by atoms with Gasteiger partial charge in [-0.25, -0.2) is 4.39 Å². The Hall–Kier alpha value is -4.20. The van der Waals surface area contributed by atoms with Gasteiger partial charge in [-0.05, 0) is 49.2 Å². The van der Waals surface area contributed by atoms with Crippen LogP contribution in [0.25, 0.3) is 0 Å². The Morgan fingerprint density at radius 2 is 1.79 bits per heavy atom. The van der Waals surface area contributed by atoms with Crippen LogP contribution in [0, 0.1) is 5.82 Å². The average molecular weight is 461 g/mol. The van der Waals surface area contributed by atoms with E-state index in [1.807, 2.05) is 0 Å². The van der Waals surface area contributed by atoms with E-state index in [0.29, 0.717) is 24.2 Å². The van der Waals surface area contributed by atoms with Gasteiger partial charge in [0.2, 0.25) is 17.9 Å². The first-order valence-corrected chi connectivity index (χ1v) is 10.9. The molecule has 0 aliphatic carbocycles. The largest absolute Gasteiger partial charge is 0.476 e. The van der Waals surface area contributed by atoms with Crippen molar-refractivity contribution in [1.82, 2.24) is 0 Å². The summed E-state index contributed by atoms with van der Waals surface area (Å²) < 4.78 is 20.8. The van der Waals surface area contributed by atoms with E-state index in [1.54, 1.807) is 53.4 Å². The number of hydrogen-bond donors (Lipinski definition) is 2. The van der Waals surface area contributed by atoms with Gasteiger partial charge < -0.3 is 20.7 Å². The third-order valence-corrected chi connectivity index (χ3v) is 5.56. The van der Waals surface area contributed by atoms with Crippen molar-refractivity contribution >= 4 is 29.1 Å². The Morgan fingerprint density at radius 3 is 2.50 bits per heavy atom. The van der Waals surface area contributed by atoms with Gasteiger partial charge >= 0.3 is 0 Å². The maximum atomic E-state index is 14.9. The molecule has 3 aromatic carbocycles. The molecule has 0 radical (unpaired) electrons. The highest BCUT2D eigenvalue weighted by Crippen LogP contribution is 2.28. The monoisotopic (exact) mass is 461 g/mol. The molecule has 0 aromatic heterocycles. The third-order valence-electron chi connectivity index (χ3n) is 5.56. The molecule has 1 aliphatic rings. The van der Waals surface area contributed by atoms with Crippen LogP contribution in [-0.2, 0) is 9.59 Å². The number of anilines is 2. The molecule has 1 atom stereocenters. The second kappa shape index (κ2) is 10.2. The molecule has 174 valence electrons. The quantitative estimate of drug-likeness (QED) is 0.551. The molecule has 0 bridgehead atoms. The number of primary amides is 1. The predicted octanol–water partition coefficient (Wildman–Crippen LogP) is 4.20. The molecule has 1 unspecified atom stereocenters. The van der Waals surface area contributed by atoms with Gasteiger partial charge in [-0.3, -0.25) is 14.4 Å². The number of nitrogens with zero attached hydrogens (tertiary/aromatic N) is 1. The Kier molecular flexibility index (Phi) is 6.87. The summed E-state index contributed by atoms with van der Waals surface area (Å²) in [5, 5.41) is 2.57. The van der Waals surface area contributed by atoms with E-state index in [2.05, 4.69) is 5.32 Å². The Balaban J connectivity index is 1.57. The minimum atomic E-state index is -1.12. The number of carbonyl (C=O) groups is 3. The molecule has 0 spiro atoms. The molecular formula is C26H24FN3O4. The van der Waals surface area contributed by atoms with Gasteiger partial charge in [0.05, 0.1) is 5.69 Å². The molecule has 1 saturated heterocycles. The van der Waals surface area contributed by atoms with E-state index >= 15 is 0 Å². The summed E-state index contributed by atoms with van der Waals surface area (Å²) in [5.74, 6) is -1.67. The fraction of sp³-hybridized carbons (Fsp3) is 0.192. The summed E-state index contributed by atoms with van der Waals surface area (Å²) in [6, 6.07) is 19.2. The zero-order valence-corrected chi connectivity index (χ0v) is 18.4. The number of amides is 3. The molecule has 0 saturated carbocycles. The maximum absolute atomic E-state index is 14.9. The fourth-order valence-corrected chi connectivity index (χ4v) is 3.81. The van der Waals surface area contributed by atoms with Crippen molar-refractivity contribution in [3.63, 3.8) is 0 Å². The number of hydrogen-bond acceptors (Lipinski definition) is 4. The second-order valence-corrected chi connectivity index (χ2v) is 7.96. The van der Waals surface area contributed by atoms with Gasteiger partial charge in [0.25, 0.3) is 5.91 Å². The molecule has 4 rings (SSSR count). The van der Waals surface area contributed by atoms with Gasteiger partial charge in [-0.1, -0.05) is 36.4 Å². The van der Waals surface area contributed by atoms with Crippen molar-refractivity contribution in [2.24, 2.45) is 5.73 Å². The van der Waals surface area contributed by atoms with Crippen molar-refractivity contribution in [2.45, 2.75) is 25.4 Å². The van der Waals surface area contributed by atoms with Crippen LogP contribution < -0.4 is 20.7 Å². The predicted molar refractivity (Wildman–Crippen MR) is 126 cm³/mol. The van der Waals surface area contributed by atoms with Gasteiger partial charge in [-0.2, -0.15) is 0 Å². The van der Waals surface area contributed by atoms with E-state index < -0.39 is 23.7 Å². The highest BCUT2D eigenvalue weighted by Gasteiger charge is 2.25. The number of ether oxygens (including phenoxy) is 1. The van der Waals surface area contributed by atoms with Crippen molar-refractivity contribution in [2.75, 3.05) is 16.8 Å². The van der Waals surface area contributed by atoms with Crippen molar-refractivity contribution in [1.29, 1.82) is 0 Å². The number of benzene rings is 3. The molecule has 3 aromatic rings. The first kappa shape index (κ1) is 23.0. The van der Waals surface area contributed by atoms with E-state index in [-0.39, 0.29) is 22.9 Å². The highest BCUT2D eigenvalue weighted by atomic mass is 19.1. The zero-order chi connectivity index (χ0) is 24.1. The number of halogens is 1. The van der Waals surface area contributed by atoms with Gasteiger partial charge in [0, 0.05) is 29.8 Å². The van der Waals surface area contributed by atoms with Gasteiger partial charge in [0.1, 0.15) is 11.6 Å². The molecule has 3 amide bonds. The van der Waals surface area contributed by atoms with Crippen LogP contribution in [0.5, 0.6) is 5.75 Å². The average Bonchev–Trinajstić information content (AvgIpc) is 2.85. The number of piperidine rings is 1. The standard InChI is InChI=1S/C26H24FN3O4/c27-21-16-19(30-14-5-4-11-23(30)31)12-13-22(21)29-26(33)24(17-7-2-1-3-8-17)34-20-10-6-9-18(15-20)25(28)32/h1-3,6-10,12-13,15-16,24H,4-5,11,14H2,(H2,28,32)(H,29,33). The maximum Gasteiger partial charge on any atom is 0.270 e. The summed E-state index contributed by atoms with van der Waals surface area (Å²) >= 11 is 0. The lowest BCUT2D eigenvalue weighted by Gasteiger charge is -2.27. The van der Waals surface area contributed by atoms with Crippen molar-refractivity contribution in [3.05, 3.63) is 89.7 Å². The van der Waals surface area contributed by atoms with E-state index in [0.717, 1.165) is 12.8 Å². The number of rotatable bonds is 7. The molecule has 7 nitrogen and oxygen atoms in total. The summed E-state index contributed by atoms with van der Waals surface area (Å²) in [6.07, 6.45) is 1.01. The lowest BCUT2D eigenvalue weighted by molar-refractivity contribution is -0.123. The van der Waals surface area contributed by atoms with E-state index in [1.165, 1.54) is 24.3 Å². The zero-order valence-electron chi connectivity index (χ0n) is 18.4. The van der Waals surface area contributed by atoms with Gasteiger partial charge in [-0.15, -0.1) is 0 Å². The molecule has 8 heteroatoms. The Morgan fingerprint density at radius 1 is 1.00 bits per heavy atom. The van der Waals surface area contributed by atoms with Crippen LogP contribution >= 0.6 is 0 Å². The van der Waals surface area contributed by atoms with Crippen LogP contribution in [0.3, 0.4) is 0 Å².